The van der Waals surface area contributed by atoms with Gasteiger partial charge < -0.3 is 9.80 Å². The number of rotatable bonds is 18. The van der Waals surface area contributed by atoms with Crippen LogP contribution in [-0.4, -0.2) is 13.1 Å². The second-order valence-corrected chi connectivity index (χ2v) is 14.5. The van der Waals surface area contributed by atoms with Crippen molar-refractivity contribution in [3.63, 3.8) is 0 Å². The fourth-order valence-electron chi connectivity index (χ4n) is 8.92. The predicted molar refractivity (Wildman–Crippen MR) is 203 cm³/mol. The molecule has 2 heteroatoms. The molecule has 2 heterocycles. The second kappa shape index (κ2) is 15.9. The summed E-state index contributed by atoms with van der Waals surface area (Å²) >= 11 is 0. The van der Waals surface area contributed by atoms with Gasteiger partial charge in [-0.1, -0.05) is 142 Å². The maximum atomic E-state index is 2.77. The molecule has 0 unspecified atom stereocenters. The van der Waals surface area contributed by atoms with Crippen molar-refractivity contribution in [1.29, 1.82) is 0 Å². The highest BCUT2D eigenvalue weighted by molar-refractivity contribution is 5.86. The number of fused-ring (bicyclic) bond motifs is 4. The molecular weight excluding hydrogens is 556 g/mol. The molecule has 250 valence electrons. The number of nitrogens with zero attached hydrogens (tertiary/aromatic N) is 2. The molecule has 0 aliphatic carbocycles. The molecule has 0 aromatic heterocycles. The van der Waals surface area contributed by atoms with Crippen molar-refractivity contribution < 1.29 is 0 Å². The van der Waals surface area contributed by atoms with Crippen LogP contribution in [0.25, 0.3) is 0 Å². The fraction of sp³-hybridized carbons (Fsp3) is 0.591. The van der Waals surface area contributed by atoms with Gasteiger partial charge in [0.2, 0.25) is 0 Å². The molecule has 0 radical (unpaired) electrons. The van der Waals surface area contributed by atoms with Crippen LogP contribution in [0.3, 0.4) is 0 Å². The van der Waals surface area contributed by atoms with E-state index < -0.39 is 0 Å². The minimum atomic E-state index is 0.0541. The van der Waals surface area contributed by atoms with E-state index in [1.54, 1.807) is 22.3 Å². The minimum absolute atomic E-state index is 0.0541. The Morgan fingerprint density at radius 3 is 1.04 bits per heavy atom. The molecule has 0 spiro atoms. The lowest BCUT2D eigenvalue weighted by molar-refractivity contribution is 0.394. The quantitative estimate of drug-likeness (QED) is 0.140. The third kappa shape index (κ3) is 6.27. The van der Waals surface area contributed by atoms with Crippen LogP contribution in [-0.2, 0) is 10.8 Å². The monoisotopic (exact) mass is 621 g/mol. The average Bonchev–Trinajstić information content (AvgIpc) is 3.10. The topological polar surface area (TPSA) is 6.48 Å². The standard InChI is InChI=1S/C44H64N2/c1-7-13-27-43(28-14-8-2)35-23-19-21-25-39(35)45(31-17-11-5)41-34-38-42(33-37(41)43)46(32-18-12-6)40-26-22-20-24-36(40)44(38,29-15-9-3)30-16-10-4/h19-26,33-34H,7-18,27-32H2,1-6H3. The third-order valence-electron chi connectivity index (χ3n) is 11.4. The van der Waals surface area contributed by atoms with Gasteiger partial charge in [-0.3, -0.25) is 0 Å². The van der Waals surface area contributed by atoms with Crippen LogP contribution in [0.4, 0.5) is 22.7 Å². The highest BCUT2D eigenvalue weighted by Gasteiger charge is 2.47. The first-order chi connectivity index (χ1) is 22.6. The molecule has 46 heavy (non-hydrogen) atoms. The number of hydrogen-bond donors (Lipinski definition) is 0. The van der Waals surface area contributed by atoms with Crippen LogP contribution in [0.2, 0.25) is 0 Å². The first-order valence-electron chi connectivity index (χ1n) is 19.5. The van der Waals surface area contributed by atoms with E-state index in [-0.39, 0.29) is 10.8 Å². The maximum absolute atomic E-state index is 2.77. The van der Waals surface area contributed by atoms with Gasteiger partial charge in [0.1, 0.15) is 0 Å². The smallest absolute Gasteiger partial charge is 0.0457 e. The number of benzene rings is 3. The third-order valence-corrected chi connectivity index (χ3v) is 11.4. The summed E-state index contributed by atoms with van der Waals surface area (Å²) in [5.41, 5.74) is 12.5. The van der Waals surface area contributed by atoms with E-state index >= 15 is 0 Å². The van der Waals surface area contributed by atoms with Gasteiger partial charge in [-0.15, -0.1) is 0 Å². The Bertz CT molecular complexity index is 1280. The predicted octanol–water partition coefficient (Wildman–Crippen LogP) is 13.5. The lowest BCUT2D eigenvalue weighted by Crippen LogP contribution is -2.41. The van der Waals surface area contributed by atoms with E-state index in [0.29, 0.717) is 0 Å². The lowest BCUT2D eigenvalue weighted by atomic mass is 9.61. The first kappa shape index (κ1) is 34.6. The minimum Gasteiger partial charge on any atom is -0.341 e. The Balaban J connectivity index is 1.88. The van der Waals surface area contributed by atoms with Crippen LogP contribution in [0.1, 0.15) is 167 Å². The summed E-state index contributed by atoms with van der Waals surface area (Å²) in [6.45, 7) is 16.4. The Morgan fingerprint density at radius 2 is 0.717 bits per heavy atom. The number of unbranched alkanes of at least 4 members (excludes halogenated alkanes) is 6. The number of anilines is 4. The summed E-state index contributed by atoms with van der Waals surface area (Å²) in [6, 6.07) is 24.6. The summed E-state index contributed by atoms with van der Waals surface area (Å²) in [5, 5.41) is 0. The molecule has 3 aromatic rings. The molecule has 0 bridgehead atoms. The van der Waals surface area contributed by atoms with Crippen molar-refractivity contribution in [2.45, 2.75) is 155 Å². The van der Waals surface area contributed by atoms with E-state index in [0.717, 1.165) is 13.1 Å². The molecule has 0 atom stereocenters. The van der Waals surface area contributed by atoms with Crippen LogP contribution in [0.5, 0.6) is 0 Å². The molecular formula is C44H64N2. The van der Waals surface area contributed by atoms with Crippen LogP contribution in [0, 0.1) is 0 Å². The molecule has 2 nitrogen and oxygen atoms in total. The zero-order valence-electron chi connectivity index (χ0n) is 30.4. The molecule has 2 aliphatic rings. The zero-order chi connectivity index (χ0) is 32.6. The van der Waals surface area contributed by atoms with Gasteiger partial charge in [-0.25, -0.2) is 0 Å². The Kier molecular flexibility index (Phi) is 12.0. The molecule has 0 saturated carbocycles. The van der Waals surface area contributed by atoms with E-state index in [1.165, 1.54) is 125 Å². The van der Waals surface area contributed by atoms with Crippen molar-refractivity contribution in [2.75, 3.05) is 22.9 Å². The SMILES string of the molecule is CCCCN1c2ccccc2C(CCCC)(CCCC)c2cc3c(cc21)C(CCCC)(CCCC)c1ccccc1N3CCCC. The Labute approximate surface area is 283 Å². The van der Waals surface area contributed by atoms with Crippen LogP contribution < -0.4 is 9.80 Å². The molecule has 5 rings (SSSR count). The normalized spacial score (nSPS) is 15.7. The van der Waals surface area contributed by atoms with Crippen molar-refractivity contribution in [3.05, 3.63) is 82.9 Å². The lowest BCUT2D eigenvalue weighted by Gasteiger charge is -2.50. The van der Waals surface area contributed by atoms with Gasteiger partial charge in [0, 0.05) is 46.7 Å². The highest BCUT2D eigenvalue weighted by atomic mass is 15.2. The van der Waals surface area contributed by atoms with E-state index in [4.69, 9.17) is 0 Å². The molecule has 0 fully saturated rings. The highest BCUT2D eigenvalue weighted by Crippen LogP contribution is 2.60. The molecule has 2 aliphatic heterocycles. The van der Waals surface area contributed by atoms with Gasteiger partial charge in [-0.2, -0.15) is 0 Å². The first-order valence-corrected chi connectivity index (χ1v) is 19.5. The van der Waals surface area contributed by atoms with Crippen LogP contribution in [0.15, 0.2) is 60.7 Å². The fourth-order valence-corrected chi connectivity index (χ4v) is 8.92. The summed E-state index contributed by atoms with van der Waals surface area (Å²) in [7, 11) is 0. The number of para-hydroxylation sites is 2. The molecule has 0 amide bonds. The Hall–Kier alpha value is -2.74. The van der Waals surface area contributed by atoms with Gasteiger partial charge in [0.25, 0.3) is 0 Å². The summed E-state index contributed by atoms with van der Waals surface area (Å²) in [5.74, 6) is 0. The van der Waals surface area contributed by atoms with Crippen LogP contribution >= 0.6 is 0 Å². The second-order valence-electron chi connectivity index (χ2n) is 14.5. The van der Waals surface area contributed by atoms with Crippen molar-refractivity contribution in [2.24, 2.45) is 0 Å². The summed E-state index contributed by atoms with van der Waals surface area (Å²) < 4.78 is 0. The summed E-state index contributed by atoms with van der Waals surface area (Å²) in [6.07, 6.45) is 19.8. The van der Waals surface area contributed by atoms with E-state index in [9.17, 15) is 0 Å². The van der Waals surface area contributed by atoms with Gasteiger partial charge in [-0.05, 0) is 85.0 Å². The maximum Gasteiger partial charge on any atom is 0.0457 e. The Morgan fingerprint density at radius 1 is 0.391 bits per heavy atom. The van der Waals surface area contributed by atoms with E-state index in [1.807, 2.05) is 0 Å². The van der Waals surface area contributed by atoms with Gasteiger partial charge in [0.05, 0.1) is 0 Å². The molecule has 3 aromatic carbocycles. The van der Waals surface area contributed by atoms with Crippen molar-refractivity contribution >= 4 is 22.7 Å². The largest absolute Gasteiger partial charge is 0.341 e. The van der Waals surface area contributed by atoms with Crippen molar-refractivity contribution in [3.8, 4) is 0 Å². The van der Waals surface area contributed by atoms with Gasteiger partial charge >= 0.3 is 0 Å². The average molecular weight is 621 g/mol. The van der Waals surface area contributed by atoms with Gasteiger partial charge in [0.15, 0.2) is 0 Å². The number of hydrogen-bond acceptors (Lipinski definition) is 2. The van der Waals surface area contributed by atoms with Crippen molar-refractivity contribution in [1.82, 2.24) is 0 Å². The molecule has 0 saturated heterocycles. The molecule has 0 N–H and O–H groups in total. The van der Waals surface area contributed by atoms with E-state index in [2.05, 4.69) is 112 Å². The zero-order valence-corrected chi connectivity index (χ0v) is 30.4. The summed E-state index contributed by atoms with van der Waals surface area (Å²) in [4.78, 5) is 5.51.